The zero-order chi connectivity index (χ0) is 22.1. The molecule has 5 unspecified atom stereocenters. The van der Waals surface area contributed by atoms with Crippen LogP contribution in [-0.2, 0) is 19.2 Å². The Kier molecular flexibility index (Phi) is 9.99. The van der Waals surface area contributed by atoms with Gasteiger partial charge in [0.15, 0.2) is 0 Å². The fourth-order valence-corrected chi connectivity index (χ4v) is 3.11. The van der Waals surface area contributed by atoms with Gasteiger partial charge in [-0.2, -0.15) is 0 Å². The van der Waals surface area contributed by atoms with Gasteiger partial charge in [0, 0.05) is 6.54 Å². The highest BCUT2D eigenvalue weighted by atomic mass is 16.4. The van der Waals surface area contributed by atoms with Crippen molar-refractivity contribution in [3.63, 3.8) is 0 Å². The lowest BCUT2D eigenvalue weighted by Crippen LogP contribution is -2.57. The fourth-order valence-electron chi connectivity index (χ4n) is 3.11. The van der Waals surface area contributed by atoms with Crippen LogP contribution in [0.2, 0.25) is 0 Å². The van der Waals surface area contributed by atoms with Crippen LogP contribution in [0.15, 0.2) is 0 Å². The third-order valence-corrected chi connectivity index (χ3v) is 4.95. The molecular weight excluding hydrogens is 382 g/mol. The van der Waals surface area contributed by atoms with Crippen molar-refractivity contribution < 1.29 is 29.4 Å². The lowest BCUT2D eigenvalue weighted by Gasteiger charge is -2.30. The first kappa shape index (κ1) is 24.8. The van der Waals surface area contributed by atoms with Crippen LogP contribution < -0.4 is 22.1 Å². The van der Waals surface area contributed by atoms with E-state index in [1.54, 1.807) is 0 Å². The number of aliphatic carboxylic acids is 1. The molecule has 1 aliphatic heterocycles. The number of nitrogens with one attached hydrogen (secondary N) is 2. The fraction of sp³-hybridized carbons (Fsp3) is 0.778. The summed E-state index contributed by atoms with van der Waals surface area (Å²) in [6, 6.07) is -3.98. The van der Waals surface area contributed by atoms with E-state index in [0.29, 0.717) is 45.2 Å². The number of unbranched alkanes of at least 4 members (excludes halogenated alkanes) is 1. The van der Waals surface area contributed by atoms with Crippen LogP contribution in [0, 0.1) is 0 Å². The van der Waals surface area contributed by atoms with Crippen molar-refractivity contribution >= 4 is 23.7 Å². The zero-order valence-electron chi connectivity index (χ0n) is 17.0. The third kappa shape index (κ3) is 7.26. The first-order valence-electron chi connectivity index (χ1n) is 9.87. The third-order valence-electron chi connectivity index (χ3n) is 4.95. The summed E-state index contributed by atoms with van der Waals surface area (Å²) in [5.74, 6) is -2.81. The van der Waals surface area contributed by atoms with Gasteiger partial charge in [-0.25, -0.2) is 0 Å². The summed E-state index contributed by atoms with van der Waals surface area (Å²) in [6.07, 6.45) is 1.45. The van der Waals surface area contributed by atoms with Crippen molar-refractivity contribution in [2.75, 3.05) is 13.1 Å². The van der Waals surface area contributed by atoms with Gasteiger partial charge in [0.05, 0.1) is 6.10 Å². The van der Waals surface area contributed by atoms with Gasteiger partial charge in [0.1, 0.15) is 24.2 Å². The number of likely N-dealkylation sites (tertiary alicyclic amines) is 1. The lowest BCUT2D eigenvalue weighted by atomic mass is 10.1. The molecule has 0 aromatic carbocycles. The molecule has 1 fully saturated rings. The maximum Gasteiger partial charge on any atom is 0.325 e. The van der Waals surface area contributed by atoms with E-state index in [0.717, 1.165) is 0 Å². The number of aliphatic hydroxyl groups excluding tert-OH is 1. The summed E-state index contributed by atoms with van der Waals surface area (Å²) in [6.45, 7) is 3.47. The van der Waals surface area contributed by atoms with Crippen molar-refractivity contribution in [1.82, 2.24) is 15.5 Å². The van der Waals surface area contributed by atoms with E-state index in [-0.39, 0.29) is 0 Å². The number of carboxylic acids is 1. The second-order valence-electron chi connectivity index (χ2n) is 7.37. The molecule has 0 aliphatic carbocycles. The number of carboxylic acid groups (broad SMARTS) is 1. The largest absolute Gasteiger partial charge is 0.480 e. The van der Waals surface area contributed by atoms with E-state index in [1.165, 1.54) is 18.7 Å². The number of rotatable bonds is 11. The Morgan fingerprint density at radius 3 is 2.38 bits per heavy atom. The average Bonchev–Trinajstić information content (AvgIpc) is 3.15. The van der Waals surface area contributed by atoms with E-state index in [2.05, 4.69) is 10.6 Å². The van der Waals surface area contributed by atoms with Gasteiger partial charge in [-0.05, 0) is 52.5 Å². The predicted octanol–water partition coefficient (Wildman–Crippen LogP) is -2.11. The second-order valence-corrected chi connectivity index (χ2v) is 7.37. The molecule has 0 radical (unpaired) electrons. The van der Waals surface area contributed by atoms with E-state index < -0.39 is 54.0 Å². The van der Waals surface area contributed by atoms with Gasteiger partial charge in [0.2, 0.25) is 17.7 Å². The average molecular weight is 415 g/mol. The Morgan fingerprint density at radius 2 is 1.83 bits per heavy atom. The Hall–Kier alpha value is -2.24. The molecule has 0 aromatic rings. The van der Waals surface area contributed by atoms with E-state index in [4.69, 9.17) is 16.6 Å². The van der Waals surface area contributed by atoms with Crippen LogP contribution >= 0.6 is 0 Å². The maximum atomic E-state index is 13.1. The summed E-state index contributed by atoms with van der Waals surface area (Å²) >= 11 is 0. The molecular formula is C18H33N5O6. The van der Waals surface area contributed by atoms with Crippen LogP contribution in [0.1, 0.15) is 46.0 Å². The minimum atomic E-state index is -1.19. The van der Waals surface area contributed by atoms with Gasteiger partial charge in [-0.3, -0.25) is 19.2 Å². The van der Waals surface area contributed by atoms with Gasteiger partial charge in [-0.15, -0.1) is 0 Å². The van der Waals surface area contributed by atoms with Gasteiger partial charge >= 0.3 is 5.97 Å². The van der Waals surface area contributed by atoms with E-state index in [1.807, 2.05) is 0 Å². The molecule has 1 heterocycles. The smallest absolute Gasteiger partial charge is 0.325 e. The van der Waals surface area contributed by atoms with Gasteiger partial charge in [0.25, 0.3) is 0 Å². The summed E-state index contributed by atoms with van der Waals surface area (Å²) in [7, 11) is 0. The van der Waals surface area contributed by atoms with E-state index >= 15 is 0 Å². The Labute approximate surface area is 170 Å². The van der Waals surface area contributed by atoms with Crippen LogP contribution in [0.3, 0.4) is 0 Å². The lowest BCUT2D eigenvalue weighted by molar-refractivity contribution is -0.144. The van der Waals surface area contributed by atoms with E-state index in [9.17, 15) is 24.3 Å². The molecule has 0 saturated carbocycles. The molecule has 11 heteroatoms. The standard InChI is InChI=1S/C18H33N5O6/c1-10(18(28)29)21-15(25)13-7-5-9-23(13)17(27)12(6-3-4-8-19)22-16(26)14(20)11(2)24/h10-14,24H,3-9,19-20H2,1-2H3,(H,21,25)(H,22,26)(H,28,29). The SMILES string of the molecule is CC(NC(=O)C1CCCN1C(=O)C(CCCCN)NC(=O)C(N)C(C)O)C(=O)O. The Balaban J connectivity index is 2.90. The minimum absolute atomic E-state index is 0.310. The topological polar surface area (TPSA) is 188 Å². The Morgan fingerprint density at radius 1 is 1.17 bits per heavy atom. The normalized spacial score (nSPS) is 20.4. The molecule has 0 bridgehead atoms. The Bertz CT molecular complexity index is 599. The first-order chi connectivity index (χ1) is 13.6. The minimum Gasteiger partial charge on any atom is -0.480 e. The number of hydrogen-bond donors (Lipinski definition) is 6. The summed E-state index contributed by atoms with van der Waals surface area (Å²) in [5, 5.41) is 23.4. The highest BCUT2D eigenvalue weighted by Gasteiger charge is 2.38. The zero-order valence-corrected chi connectivity index (χ0v) is 17.0. The van der Waals surface area contributed by atoms with Crippen molar-refractivity contribution in [1.29, 1.82) is 0 Å². The van der Waals surface area contributed by atoms with Crippen molar-refractivity contribution in [2.24, 2.45) is 11.5 Å². The van der Waals surface area contributed by atoms with Gasteiger partial charge in [-0.1, -0.05) is 0 Å². The van der Waals surface area contributed by atoms with Crippen molar-refractivity contribution in [2.45, 2.75) is 76.2 Å². The van der Waals surface area contributed by atoms with Crippen molar-refractivity contribution in [3.8, 4) is 0 Å². The molecule has 0 aromatic heterocycles. The second kappa shape index (κ2) is 11.7. The summed E-state index contributed by atoms with van der Waals surface area (Å²) < 4.78 is 0. The number of amides is 3. The molecule has 1 aliphatic rings. The first-order valence-corrected chi connectivity index (χ1v) is 9.87. The summed E-state index contributed by atoms with van der Waals surface area (Å²) in [5.41, 5.74) is 11.1. The highest BCUT2D eigenvalue weighted by molar-refractivity contribution is 5.94. The molecule has 8 N–H and O–H groups in total. The number of nitrogens with zero attached hydrogens (tertiary/aromatic N) is 1. The number of carbonyl (C=O) groups excluding carboxylic acids is 3. The number of aliphatic hydroxyl groups is 1. The van der Waals surface area contributed by atoms with Crippen molar-refractivity contribution in [3.05, 3.63) is 0 Å². The molecule has 5 atom stereocenters. The summed E-state index contributed by atoms with van der Waals surface area (Å²) in [4.78, 5) is 50.1. The molecule has 0 spiro atoms. The molecule has 3 amide bonds. The molecule has 11 nitrogen and oxygen atoms in total. The predicted molar refractivity (Wildman–Crippen MR) is 104 cm³/mol. The molecule has 1 saturated heterocycles. The van der Waals surface area contributed by atoms with Crippen LogP contribution in [0.25, 0.3) is 0 Å². The highest BCUT2D eigenvalue weighted by Crippen LogP contribution is 2.20. The number of carbonyl (C=O) groups is 4. The number of hydrogen-bond acceptors (Lipinski definition) is 7. The molecule has 166 valence electrons. The molecule has 1 rings (SSSR count). The number of nitrogens with two attached hydrogens (primary N) is 2. The van der Waals surface area contributed by atoms with Crippen LogP contribution in [0.4, 0.5) is 0 Å². The molecule has 29 heavy (non-hydrogen) atoms. The monoisotopic (exact) mass is 415 g/mol. The van der Waals surface area contributed by atoms with Crippen LogP contribution in [0.5, 0.6) is 0 Å². The van der Waals surface area contributed by atoms with Gasteiger partial charge < -0.3 is 37.2 Å². The quantitative estimate of drug-likeness (QED) is 0.207. The van der Waals surface area contributed by atoms with Crippen LogP contribution in [-0.4, -0.2) is 82.2 Å². The maximum absolute atomic E-state index is 13.1.